The number of rotatable bonds is 7. The summed E-state index contributed by atoms with van der Waals surface area (Å²) < 4.78 is 0. The monoisotopic (exact) mass is 331 g/mol. The maximum Gasteiger partial charge on any atom is 0.251 e. The standard InChI is InChI=1S/C18H22ClN3O/c1-22(2)12-11-20-17-9-3-14(4-10-17)13-21-18(23)15-5-7-16(19)8-6-15/h3-10,20H,11-13H2,1-2H3,(H,21,23). The Labute approximate surface area is 142 Å². The van der Waals surface area contributed by atoms with Gasteiger partial charge in [-0.25, -0.2) is 0 Å². The summed E-state index contributed by atoms with van der Waals surface area (Å²) in [5.41, 5.74) is 2.75. The predicted octanol–water partition coefficient (Wildman–Crippen LogP) is 3.24. The summed E-state index contributed by atoms with van der Waals surface area (Å²) in [4.78, 5) is 14.2. The van der Waals surface area contributed by atoms with E-state index in [9.17, 15) is 4.79 Å². The van der Waals surface area contributed by atoms with E-state index in [2.05, 4.69) is 15.5 Å². The lowest BCUT2D eigenvalue weighted by Crippen LogP contribution is -2.22. The van der Waals surface area contributed by atoms with Crippen LogP contribution in [-0.4, -0.2) is 38.0 Å². The molecule has 0 heterocycles. The van der Waals surface area contributed by atoms with Crippen molar-refractivity contribution in [1.82, 2.24) is 10.2 Å². The van der Waals surface area contributed by atoms with Gasteiger partial charge in [-0.1, -0.05) is 23.7 Å². The second-order valence-electron chi connectivity index (χ2n) is 5.62. The van der Waals surface area contributed by atoms with Crippen molar-refractivity contribution in [2.45, 2.75) is 6.54 Å². The molecule has 0 bridgehead atoms. The van der Waals surface area contributed by atoms with E-state index in [-0.39, 0.29) is 5.91 Å². The molecule has 2 rings (SSSR count). The van der Waals surface area contributed by atoms with Crippen LogP contribution < -0.4 is 10.6 Å². The molecular formula is C18H22ClN3O. The zero-order valence-electron chi connectivity index (χ0n) is 13.5. The molecule has 0 fully saturated rings. The first kappa shape index (κ1) is 17.3. The summed E-state index contributed by atoms with van der Waals surface area (Å²) in [6, 6.07) is 14.9. The number of benzene rings is 2. The highest BCUT2D eigenvalue weighted by molar-refractivity contribution is 6.30. The zero-order valence-corrected chi connectivity index (χ0v) is 14.2. The van der Waals surface area contributed by atoms with Gasteiger partial charge >= 0.3 is 0 Å². The highest BCUT2D eigenvalue weighted by Crippen LogP contribution is 2.11. The van der Waals surface area contributed by atoms with E-state index in [1.54, 1.807) is 24.3 Å². The molecule has 0 aliphatic heterocycles. The van der Waals surface area contributed by atoms with E-state index in [4.69, 9.17) is 11.6 Å². The quantitative estimate of drug-likeness (QED) is 0.818. The number of carbonyl (C=O) groups is 1. The van der Waals surface area contributed by atoms with Crippen molar-refractivity contribution in [2.75, 3.05) is 32.5 Å². The van der Waals surface area contributed by atoms with Crippen molar-refractivity contribution < 1.29 is 4.79 Å². The largest absolute Gasteiger partial charge is 0.384 e. The molecule has 0 spiro atoms. The van der Waals surface area contributed by atoms with Crippen molar-refractivity contribution in [2.24, 2.45) is 0 Å². The van der Waals surface area contributed by atoms with Crippen molar-refractivity contribution in [3.63, 3.8) is 0 Å². The van der Waals surface area contributed by atoms with Crippen LogP contribution in [0.15, 0.2) is 48.5 Å². The Kier molecular flexibility index (Phi) is 6.44. The van der Waals surface area contributed by atoms with Gasteiger partial charge in [0.2, 0.25) is 0 Å². The Bertz CT molecular complexity index is 624. The number of anilines is 1. The number of halogens is 1. The molecule has 0 saturated carbocycles. The highest BCUT2D eigenvalue weighted by atomic mass is 35.5. The summed E-state index contributed by atoms with van der Waals surface area (Å²) >= 11 is 5.82. The molecule has 0 saturated heterocycles. The van der Waals surface area contributed by atoms with Crippen LogP contribution in [0, 0.1) is 0 Å². The van der Waals surface area contributed by atoms with E-state index >= 15 is 0 Å². The topological polar surface area (TPSA) is 44.4 Å². The average Bonchev–Trinajstić information content (AvgIpc) is 2.54. The summed E-state index contributed by atoms with van der Waals surface area (Å²) in [6.45, 7) is 2.39. The number of hydrogen-bond donors (Lipinski definition) is 2. The first-order valence-electron chi connectivity index (χ1n) is 7.56. The third-order valence-electron chi connectivity index (χ3n) is 3.40. The van der Waals surface area contributed by atoms with Crippen LogP contribution in [0.4, 0.5) is 5.69 Å². The number of nitrogens with zero attached hydrogens (tertiary/aromatic N) is 1. The number of nitrogens with one attached hydrogen (secondary N) is 2. The van der Waals surface area contributed by atoms with Gasteiger partial charge in [-0.3, -0.25) is 4.79 Å². The van der Waals surface area contributed by atoms with Gasteiger partial charge in [-0.2, -0.15) is 0 Å². The molecular weight excluding hydrogens is 310 g/mol. The van der Waals surface area contributed by atoms with Crippen molar-refractivity contribution in [3.8, 4) is 0 Å². The maximum atomic E-state index is 12.0. The lowest BCUT2D eigenvalue weighted by atomic mass is 10.2. The fourth-order valence-electron chi connectivity index (χ4n) is 2.05. The third kappa shape index (κ3) is 5.93. The van der Waals surface area contributed by atoms with Crippen molar-refractivity contribution in [1.29, 1.82) is 0 Å². The smallest absolute Gasteiger partial charge is 0.251 e. The summed E-state index contributed by atoms with van der Waals surface area (Å²) in [5.74, 6) is -0.102. The Morgan fingerprint density at radius 3 is 2.30 bits per heavy atom. The Balaban J connectivity index is 1.81. The maximum absolute atomic E-state index is 12.0. The van der Waals surface area contributed by atoms with Crippen LogP contribution >= 0.6 is 11.6 Å². The van der Waals surface area contributed by atoms with Crippen LogP contribution in [0.25, 0.3) is 0 Å². The molecule has 1 amide bonds. The highest BCUT2D eigenvalue weighted by Gasteiger charge is 2.04. The number of amides is 1. The van der Waals surface area contributed by atoms with Crippen molar-refractivity contribution in [3.05, 3.63) is 64.7 Å². The van der Waals surface area contributed by atoms with Gasteiger partial charge in [0.15, 0.2) is 0 Å². The Hall–Kier alpha value is -2.04. The minimum atomic E-state index is -0.102. The van der Waals surface area contributed by atoms with Gasteiger partial charge in [0.05, 0.1) is 0 Å². The van der Waals surface area contributed by atoms with Gasteiger partial charge in [0.1, 0.15) is 0 Å². The number of carbonyl (C=O) groups excluding carboxylic acids is 1. The van der Waals surface area contributed by atoms with Gasteiger partial charge < -0.3 is 15.5 Å². The van der Waals surface area contributed by atoms with Gasteiger partial charge in [0.25, 0.3) is 5.91 Å². The lowest BCUT2D eigenvalue weighted by molar-refractivity contribution is 0.0951. The summed E-state index contributed by atoms with van der Waals surface area (Å²) in [6.07, 6.45) is 0. The van der Waals surface area contributed by atoms with Crippen LogP contribution in [0.5, 0.6) is 0 Å². The molecule has 23 heavy (non-hydrogen) atoms. The Morgan fingerprint density at radius 2 is 1.70 bits per heavy atom. The molecule has 2 aromatic carbocycles. The molecule has 0 aliphatic rings. The molecule has 0 aliphatic carbocycles. The van der Waals surface area contributed by atoms with Gasteiger partial charge in [-0.05, 0) is 56.1 Å². The second kappa shape index (κ2) is 8.56. The van der Waals surface area contributed by atoms with Crippen LogP contribution in [0.3, 0.4) is 0 Å². The fourth-order valence-corrected chi connectivity index (χ4v) is 2.18. The predicted molar refractivity (Wildman–Crippen MR) is 96.1 cm³/mol. The molecule has 2 N–H and O–H groups in total. The number of likely N-dealkylation sites (N-methyl/N-ethyl adjacent to an activating group) is 1. The fraction of sp³-hybridized carbons (Fsp3) is 0.278. The van der Waals surface area contributed by atoms with Crippen LogP contribution in [0.1, 0.15) is 15.9 Å². The summed E-state index contributed by atoms with van der Waals surface area (Å²) in [5, 5.41) is 6.88. The first-order valence-corrected chi connectivity index (χ1v) is 7.94. The molecule has 0 unspecified atom stereocenters. The number of hydrogen-bond acceptors (Lipinski definition) is 3. The van der Waals surface area contributed by atoms with Gasteiger partial charge in [0, 0.05) is 35.9 Å². The first-order chi connectivity index (χ1) is 11.0. The van der Waals surface area contributed by atoms with Crippen molar-refractivity contribution >= 4 is 23.2 Å². The summed E-state index contributed by atoms with van der Waals surface area (Å²) in [7, 11) is 4.10. The van der Waals surface area contributed by atoms with E-state index in [1.807, 2.05) is 38.4 Å². The second-order valence-corrected chi connectivity index (χ2v) is 6.05. The Morgan fingerprint density at radius 1 is 1.04 bits per heavy atom. The minimum absolute atomic E-state index is 0.102. The molecule has 2 aromatic rings. The molecule has 5 heteroatoms. The normalized spacial score (nSPS) is 10.6. The molecule has 122 valence electrons. The SMILES string of the molecule is CN(C)CCNc1ccc(CNC(=O)c2ccc(Cl)cc2)cc1. The lowest BCUT2D eigenvalue weighted by Gasteiger charge is -2.12. The van der Waals surface area contributed by atoms with Crippen LogP contribution in [0.2, 0.25) is 5.02 Å². The molecule has 0 radical (unpaired) electrons. The van der Waals surface area contributed by atoms with Crippen LogP contribution in [-0.2, 0) is 6.54 Å². The third-order valence-corrected chi connectivity index (χ3v) is 3.65. The van der Waals surface area contributed by atoms with E-state index in [1.165, 1.54) is 0 Å². The van der Waals surface area contributed by atoms with E-state index in [0.29, 0.717) is 17.1 Å². The molecule has 0 atom stereocenters. The average molecular weight is 332 g/mol. The van der Waals surface area contributed by atoms with E-state index < -0.39 is 0 Å². The van der Waals surface area contributed by atoms with E-state index in [0.717, 1.165) is 24.3 Å². The molecule has 0 aromatic heterocycles. The molecule has 4 nitrogen and oxygen atoms in total. The zero-order chi connectivity index (χ0) is 16.7. The minimum Gasteiger partial charge on any atom is -0.384 e. The van der Waals surface area contributed by atoms with Gasteiger partial charge in [-0.15, -0.1) is 0 Å².